The van der Waals surface area contributed by atoms with Crippen LogP contribution in [0.15, 0.2) is 22.8 Å². The molecule has 0 radical (unpaired) electrons. The number of likely N-dealkylation sites (tertiary alicyclic amines) is 1. The summed E-state index contributed by atoms with van der Waals surface area (Å²) in [6.45, 7) is 3.89. The smallest absolute Gasteiger partial charge is 0.272 e. The zero-order chi connectivity index (χ0) is 14.0. The molecule has 0 saturated carbocycles. The molecule has 20 heavy (non-hydrogen) atoms. The Hall–Kier alpha value is -0.940. The van der Waals surface area contributed by atoms with E-state index < -0.39 is 0 Å². The Morgan fingerprint density at radius 3 is 2.90 bits per heavy atom. The number of nitrogens with zero attached hydrogens (tertiary/aromatic N) is 2. The molecule has 5 heteroatoms. The summed E-state index contributed by atoms with van der Waals surface area (Å²) in [5.74, 6) is 0.0714. The van der Waals surface area contributed by atoms with E-state index in [9.17, 15) is 4.79 Å². The first kappa shape index (κ1) is 14.0. The maximum Gasteiger partial charge on any atom is 0.272 e. The van der Waals surface area contributed by atoms with Gasteiger partial charge >= 0.3 is 0 Å². The highest BCUT2D eigenvalue weighted by atomic mass is 79.9. The average Bonchev–Trinajstić information content (AvgIpc) is 2.48. The van der Waals surface area contributed by atoms with Crippen molar-refractivity contribution >= 4 is 21.8 Å². The fraction of sp³-hybridized carbons (Fsp3) is 0.600. The number of hydrogen-bond donors (Lipinski definition) is 1. The molecule has 2 saturated heterocycles. The Morgan fingerprint density at radius 2 is 2.20 bits per heavy atom. The summed E-state index contributed by atoms with van der Waals surface area (Å²) in [6.07, 6.45) is 6.48. The molecule has 2 fully saturated rings. The molecule has 108 valence electrons. The van der Waals surface area contributed by atoms with Gasteiger partial charge in [-0.15, -0.1) is 0 Å². The lowest BCUT2D eigenvalue weighted by Gasteiger charge is -2.45. The van der Waals surface area contributed by atoms with Gasteiger partial charge in [0.1, 0.15) is 5.69 Å². The predicted molar refractivity (Wildman–Crippen MR) is 81.6 cm³/mol. The van der Waals surface area contributed by atoms with E-state index in [4.69, 9.17) is 0 Å². The van der Waals surface area contributed by atoms with E-state index >= 15 is 0 Å². The van der Waals surface area contributed by atoms with Crippen molar-refractivity contribution in [3.63, 3.8) is 0 Å². The highest BCUT2D eigenvalue weighted by Gasteiger charge is 2.38. The van der Waals surface area contributed by atoms with Gasteiger partial charge in [0, 0.05) is 35.7 Å². The number of hydrogen-bond acceptors (Lipinski definition) is 3. The molecular formula is C15H20BrN3O. The number of nitrogens with one attached hydrogen (secondary N) is 1. The van der Waals surface area contributed by atoms with Crippen molar-refractivity contribution in [3.05, 3.63) is 28.5 Å². The van der Waals surface area contributed by atoms with E-state index in [1.807, 2.05) is 11.0 Å². The second-order valence-corrected chi connectivity index (χ2v) is 6.89. The molecule has 3 heterocycles. The van der Waals surface area contributed by atoms with E-state index in [0.29, 0.717) is 11.1 Å². The van der Waals surface area contributed by atoms with E-state index in [0.717, 1.165) is 37.1 Å². The molecular weight excluding hydrogens is 318 g/mol. The van der Waals surface area contributed by atoms with Crippen LogP contribution in [0.3, 0.4) is 0 Å². The molecule has 0 aromatic carbocycles. The Balaban J connectivity index is 1.73. The van der Waals surface area contributed by atoms with Crippen LogP contribution in [0.2, 0.25) is 0 Å². The van der Waals surface area contributed by atoms with Crippen LogP contribution >= 0.6 is 15.9 Å². The van der Waals surface area contributed by atoms with Gasteiger partial charge in [-0.05, 0) is 60.3 Å². The van der Waals surface area contributed by atoms with Crippen LogP contribution in [0.1, 0.15) is 36.2 Å². The number of carbonyl (C=O) groups excluding carboxylic acids is 1. The topological polar surface area (TPSA) is 45.2 Å². The number of rotatable bonds is 1. The summed E-state index contributed by atoms with van der Waals surface area (Å²) in [5.41, 5.74) is 0.843. The molecule has 1 N–H and O–H groups in total. The van der Waals surface area contributed by atoms with Crippen LogP contribution in [0, 0.1) is 5.41 Å². The van der Waals surface area contributed by atoms with Crippen LogP contribution in [0.5, 0.6) is 0 Å². The Labute approximate surface area is 128 Å². The molecule has 1 spiro atoms. The zero-order valence-electron chi connectivity index (χ0n) is 11.6. The van der Waals surface area contributed by atoms with Gasteiger partial charge in [-0.3, -0.25) is 4.79 Å². The molecule has 0 bridgehead atoms. The molecule has 3 rings (SSSR count). The predicted octanol–water partition coefficient (Wildman–Crippen LogP) is 2.45. The molecule has 2 aliphatic rings. The summed E-state index contributed by atoms with van der Waals surface area (Å²) in [6, 6.07) is 3.68. The van der Waals surface area contributed by atoms with Crippen molar-refractivity contribution in [3.8, 4) is 0 Å². The van der Waals surface area contributed by atoms with Crippen LogP contribution in [0.4, 0.5) is 0 Å². The first-order valence-corrected chi connectivity index (χ1v) is 8.09. The van der Waals surface area contributed by atoms with Crippen LogP contribution in [0.25, 0.3) is 0 Å². The monoisotopic (exact) mass is 337 g/mol. The molecule has 4 nitrogen and oxygen atoms in total. The molecule has 2 aliphatic heterocycles. The number of pyridine rings is 1. The maximum atomic E-state index is 12.6. The number of halogens is 1. The number of amides is 1. The fourth-order valence-electron chi connectivity index (χ4n) is 3.42. The molecule has 1 atom stereocenters. The SMILES string of the molecule is O=C(c1ccc(Br)cn1)N1CCCC2(CCCNC2)C1. The second-order valence-electron chi connectivity index (χ2n) is 5.97. The van der Waals surface area contributed by atoms with Crippen LogP contribution in [-0.2, 0) is 0 Å². The third kappa shape index (κ3) is 2.88. The van der Waals surface area contributed by atoms with E-state index in [1.165, 1.54) is 19.3 Å². The second kappa shape index (κ2) is 5.82. The summed E-state index contributed by atoms with van der Waals surface area (Å²) in [4.78, 5) is 18.8. The van der Waals surface area contributed by atoms with Gasteiger partial charge in [0.05, 0.1) is 0 Å². The first-order chi connectivity index (χ1) is 9.69. The van der Waals surface area contributed by atoms with Gasteiger partial charge < -0.3 is 10.2 Å². The molecule has 1 amide bonds. The Morgan fingerprint density at radius 1 is 1.35 bits per heavy atom. The number of piperidine rings is 2. The lowest BCUT2D eigenvalue weighted by atomic mass is 9.74. The summed E-state index contributed by atoms with van der Waals surface area (Å²) in [5, 5.41) is 3.49. The molecule has 0 aliphatic carbocycles. The van der Waals surface area contributed by atoms with Crippen molar-refractivity contribution in [2.75, 3.05) is 26.2 Å². The highest BCUT2D eigenvalue weighted by Crippen LogP contribution is 2.36. The Bertz CT molecular complexity index is 477. The summed E-state index contributed by atoms with van der Waals surface area (Å²) < 4.78 is 0.903. The van der Waals surface area contributed by atoms with E-state index in [-0.39, 0.29) is 5.91 Å². The van der Waals surface area contributed by atoms with Crippen molar-refractivity contribution in [2.24, 2.45) is 5.41 Å². The lowest BCUT2D eigenvalue weighted by molar-refractivity contribution is 0.0429. The fourth-order valence-corrected chi connectivity index (χ4v) is 3.66. The minimum atomic E-state index is 0.0714. The van der Waals surface area contributed by atoms with Gasteiger partial charge in [-0.25, -0.2) is 4.98 Å². The van der Waals surface area contributed by atoms with Crippen LogP contribution in [-0.4, -0.2) is 42.0 Å². The van der Waals surface area contributed by atoms with E-state index in [2.05, 4.69) is 26.2 Å². The maximum absolute atomic E-state index is 12.6. The third-order valence-electron chi connectivity index (χ3n) is 4.46. The molecule has 1 unspecified atom stereocenters. The minimum absolute atomic E-state index is 0.0714. The first-order valence-electron chi connectivity index (χ1n) is 7.30. The van der Waals surface area contributed by atoms with Crippen molar-refractivity contribution in [1.29, 1.82) is 0 Å². The van der Waals surface area contributed by atoms with E-state index in [1.54, 1.807) is 12.3 Å². The van der Waals surface area contributed by atoms with Gasteiger partial charge in [-0.1, -0.05) is 0 Å². The highest BCUT2D eigenvalue weighted by molar-refractivity contribution is 9.10. The summed E-state index contributed by atoms with van der Waals surface area (Å²) >= 11 is 3.35. The molecule has 1 aromatic heterocycles. The standard InChI is InChI=1S/C15H20BrN3O/c16-12-3-4-13(18-9-12)14(20)19-8-2-6-15(11-19)5-1-7-17-10-15/h3-4,9,17H,1-2,5-8,10-11H2. The Kier molecular flexibility index (Phi) is 4.08. The van der Waals surface area contributed by atoms with Gasteiger partial charge in [0.25, 0.3) is 5.91 Å². The molecule has 1 aromatic rings. The third-order valence-corrected chi connectivity index (χ3v) is 4.92. The number of aromatic nitrogens is 1. The largest absolute Gasteiger partial charge is 0.337 e. The number of carbonyl (C=O) groups is 1. The van der Waals surface area contributed by atoms with Crippen molar-refractivity contribution in [1.82, 2.24) is 15.2 Å². The quantitative estimate of drug-likeness (QED) is 0.856. The lowest BCUT2D eigenvalue weighted by Crippen LogP contribution is -2.52. The van der Waals surface area contributed by atoms with Crippen LogP contribution < -0.4 is 5.32 Å². The van der Waals surface area contributed by atoms with Crippen molar-refractivity contribution in [2.45, 2.75) is 25.7 Å². The minimum Gasteiger partial charge on any atom is -0.337 e. The normalized spacial score (nSPS) is 26.8. The van der Waals surface area contributed by atoms with Gasteiger partial charge in [-0.2, -0.15) is 0 Å². The summed E-state index contributed by atoms with van der Waals surface area (Å²) in [7, 11) is 0. The van der Waals surface area contributed by atoms with Gasteiger partial charge in [0.15, 0.2) is 0 Å². The van der Waals surface area contributed by atoms with Crippen molar-refractivity contribution < 1.29 is 4.79 Å². The van der Waals surface area contributed by atoms with Gasteiger partial charge in [0.2, 0.25) is 0 Å². The zero-order valence-corrected chi connectivity index (χ0v) is 13.2. The average molecular weight is 338 g/mol.